The van der Waals surface area contributed by atoms with Gasteiger partial charge in [-0.25, -0.2) is 0 Å². The van der Waals surface area contributed by atoms with E-state index < -0.39 is 0 Å². The van der Waals surface area contributed by atoms with Crippen molar-refractivity contribution in [3.05, 3.63) is 0 Å². The van der Waals surface area contributed by atoms with Crippen LogP contribution in [0.4, 0.5) is 0 Å². The summed E-state index contributed by atoms with van der Waals surface area (Å²) in [4.78, 5) is 0. The Labute approximate surface area is 152 Å². The number of alkyl halides is 1. The second-order valence-corrected chi connectivity index (χ2v) is 6.37. The fourth-order valence-corrected chi connectivity index (χ4v) is 2.83. The van der Waals surface area contributed by atoms with Crippen LogP contribution in [0.25, 0.3) is 0 Å². The molecule has 0 aromatic rings. The number of halogens is 1. The van der Waals surface area contributed by atoms with E-state index in [4.69, 9.17) is 11.6 Å². The number of hydrogen-bond acceptors (Lipinski definition) is 0. The summed E-state index contributed by atoms with van der Waals surface area (Å²) in [7, 11) is 0. The zero-order valence-electron chi connectivity index (χ0n) is 16.1. The average Bonchev–Trinajstić information content (AvgIpc) is 2.43. The summed E-state index contributed by atoms with van der Waals surface area (Å²) in [5, 5.41) is 0. The maximum absolute atomic E-state index is 5.66. The average molecular weight is 315 g/mol. The molecule has 2 heteroatoms. The molecule has 120 valence electrons. The van der Waals surface area contributed by atoms with Gasteiger partial charge in [-0.3, -0.25) is 0 Å². The normalized spacial score (nSPS) is 10.5. The second kappa shape index (κ2) is 22.3. The molecular weight excluding hydrogens is 276 g/mol. The van der Waals surface area contributed by atoms with Crippen LogP contribution >= 0.6 is 11.6 Å². The summed E-state index contributed by atoms with van der Waals surface area (Å²) < 4.78 is 0. The van der Waals surface area contributed by atoms with Crippen LogP contribution in [0.2, 0.25) is 0 Å². The van der Waals surface area contributed by atoms with E-state index in [1.165, 1.54) is 103 Å². The van der Waals surface area contributed by atoms with E-state index in [0.717, 1.165) is 5.88 Å². The molecule has 0 rings (SSSR count). The van der Waals surface area contributed by atoms with Crippen molar-refractivity contribution in [3.63, 3.8) is 0 Å². The Morgan fingerprint density at radius 1 is 0.500 bits per heavy atom. The molecule has 0 bridgehead atoms. The van der Waals surface area contributed by atoms with Gasteiger partial charge in [0.15, 0.2) is 0 Å². The van der Waals surface area contributed by atoms with E-state index in [1.54, 1.807) is 0 Å². The molecule has 0 radical (unpaired) electrons. The summed E-state index contributed by atoms with van der Waals surface area (Å²) in [5.74, 6) is 0.846. The van der Waals surface area contributed by atoms with Crippen molar-refractivity contribution in [3.8, 4) is 0 Å². The molecule has 20 heavy (non-hydrogen) atoms. The summed E-state index contributed by atoms with van der Waals surface area (Å²) >= 11 is 5.66. The fourth-order valence-electron chi connectivity index (χ4n) is 2.64. The van der Waals surface area contributed by atoms with E-state index in [1.807, 2.05) is 0 Å². The Balaban J connectivity index is -0.000000540. The first-order chi connectivity index (χ1) is 9.41. The minimum atomic E-state index is 0. The minimum Gasteiger partial charge on any atom is -1.00 e. The summed E-state index contributed by atoms with van der Waals surface area (Å²) in [5.41, 5.74) is 0. The second-order valence-electron chi connectivity index (χ2n) is 5.99. The maximum atomic E-state index is 5.66. The molecule has 0 amide bonds. The monoisotopic (exact) mass is 314 g/mol. The maximum Gasteiger partial charge on any atom is 2.00 e. The van der Waals surface area contributed by atoms with Crippen LogP contribution in [0.1, 0.15) is 113 Å². The van der Waals surface area contributed by atoms with Crippen LogP contribution < -0.4 is 0 Å². The largest absolute Gasteiger partial charge is 2.00 e. The summed E-state index contributed by atoms with van der Waals surface area (Å²) in [6.45, 7) is 2.29. The van der Waals surface area contributed by atoms with Crippen LogP contribution in [-0.4, -0.2) is 28.9 Å². The van der Waals surface area contributed by atoms with E-state index >= 15 is 0 Å². The van der Waals surface area contributed by atoms with Gasteiger partial charge >= 0.3 is 23.1 Å². The van der Waals surface area contributed by atoms with Crippen molar-refractivity contribution in [2.24, 2.45) is 0 Å². The first-order valence-electron chi connectivity index (χ1n) is 8.97. The third-order valence-corrected chi connectivity index (χ3v) is 4.25. The van der Waals surface area contributed by atoms with Crippen LogP contribution in [0.15, 0.2) is 0 Å². The van der Waals surface area contributed by atoms with Crippen LogP contribution in [0.3, 0.4) is 0 Å². The van der Waals surface area contributed by atoms with Crippen molar-refractivity contribution in [2.45, 2.75) is 110 Å². The van der Waals surface area contributed by atoms with Gasteiger partial charge in [-0.1, -0.05) is 103 Å². The zero-order chi connectivity index (χ0) is 14.0. The van der Waals surface area contributed by atoms with Gasteiger partial charge in [0.1, 0.15) is 0 Å². The molecule has 0 nitrogen and oxygen atoms in total. The predicted octanol–water partition coefficient (Wildman–Crippen LogP) is 7.33. The Morgan fingerprint density at radius 2 is 0.750 bits per heavy atom. The van der Waals surface area contributed by atoms with E-state index in [-0.39, 0.29) is 25.9 Å². The number of hydrogen-bond donors (Lipinski definition) is 0. The van der Waals surface area contributed by atoms with Crippen LogP contribution in [0.5, 0.6) is 0 Å². The molecule has 0 atom stereocenters. The van der Waals surface area contributed by atoms with E-state index in [2.05, 4.69) is 6.92 Å². The first kappa shape index (κ1) is 23.3. The van der Waals surface area contributed by atoms with Gasteiger partial charge in [0.2, 0.25) is 0 Å². The molecule has 0 unspecified atom stereocenters. The van der Waals surface area contributed by atoms with Crippen molar-refractivity contribution >= 4 is 34.7 Å². The molecule has 0 spiro atoms. The number of unbranched alkanes of at least 4 members (excludes halogenated alkanes) is 15. The fraction of sp³-hybridized carbons (Fsp3) is 1.00. The molecule has 0 aliphatic heterocycles. The van der Waals surface area contributed by atoms with Gasteiger partial charge in [0, 0.05) is 5.88 Å². The summed E-state index contributed by atoms with van der Waals surface area (Å²) in [6.07, 6.45) is 22.8. The van der Waals surface area contributed by atoms with Crippen molar-refractivity contribution in [1.82, 2.24) is 0 Å². The van der Waals surface area contributed by atoms with Crippen LogP contribution in [0, 0.1) is 0 Å². The molecular formula is C18H39ClMg. The van der Waals surface area contributed by atoms with E-state index in [9.17, 15) is 0 Å². The molecule has 0 saturated heterocycles. The Morgan fingerprint density at radius 3 is 1.00 bits per heavy atom. The Kier molecular flexibility index (Phi) is 26.1. The molecule has 0 N–H and O–H groups in total. The minimum absolute atomic E-state index is 0. The smallest absolute Gasteiger partial charge is 1.00 e. The molecule has 0 saturated carbocycles. The molecule has 0 heterocycles. The molecule has 0 aromatic carbocycles. The van der Waals surface area contributed by atoms with E-state index in [0.29, 0.717) is 0 Å². The summed E-state index contributed by atoms with van der Waals surface area (Å²) in [6, 6.07) is 0. The van der Waals surface area contributed by atoms with Crippen molar-refractivity contribution in [2.75, 3.05) is 5.88 Å². The van der Waals surface area contributed by atoms with Crippen molar-refractivity contribution < 1.29 is 2.85 Å². The first-order valence-corrected chi connectivity index (χ1v) is 9.51. The van der Waals surface area contributed by atoms with Crippen LogP contribution in [-0.2, 0) is 0 Å². The molecule has 0 aliphatic carbocycles. The topological polar surface area (TPSA) is 0 Å². The van der Waals surface area contributed by atoms with Gasteiger partial charge in [0.25, 0.3) is 0 Å². The third-order valence-electron chi connectivity index (χ3n) is 3.99. The number of rotatable bonds is 16. The third kappa shape index (κ3) is 21.4. The quantitative estimate of drug-likeness (QED) is 0.159. The van der Waals surface area contributed by atoms with Gasteiger partial charge in [-0.05, 0) is 6.42 Å². The Hall–Kier alpha value is 1.06. The standard InChI is InChI=1S/C18H37Cl.Mg.2H/c1-2-3-4-5-6-7-8-9-10-11-12-13-14-15-16-17-18-19;;;/h2-18H2,1H3;;;/q;+2;2*-1. The Bertz CT molecular complexity index is 144. The SMILES string of the molecule is CCCCCCCCCCCCCCCCCCCl.[H-].[H-].[Mg+2]. The van der Waals surface area contributed by atoms with Gasteiger partial charge in [-0.2, -0.15) is 0 Å². The van der Waals surface area contributed by atoms with Gasteiger partial charge < -0.3 is 2.85 Å². The molecule has 0 fully saturated rings. The van der Waals surface area contributed by atoms with Gasteiger partial charge in [0.05, 0.1) is 0 Å². The van der Waals surface area contributed by atoms with Gasteiger partial charge in [-0.15, -0.1) is 11.6 Å². The molecule has 0 aliphatic rings. The molecule has 0 aromatic heterocycles. The van der Waals surface area contributed by atoms with Crippen molar-refractivity contribution in [1.29, 1.82) is 0 Å². The predicted molar refractivity (Wildman–Crippen MR) is 98.2 cm³/mol. The zero-order valence-corrected chi connectivity index (χ0v) is 16.3.